The molecule has 0 amide bonds. The van der Waals surface area contributed by atoms with Gasteiger partial charge in [-0.2, -0.15) is 0 Å². The first-order chi connectivity index (χ1) is 9.24. The number of rotatable bonds is 3. The van der Waals surface area contributed by atoms with E-state index in [1.165, 1.54) is 24.2 Å². The minimum Gasteiger partial charge on any atom is -0.477 e. The minimum atomic E-state index is -1.06. The van der Waals surface area contributed by atoms with Crippen LogP contribution in [0.5, 0.6) is 0 Å². The van der Waals surface area contributed by atoms with Crippen LogP contribution in [0, 0.1) is 0 Å². The van der Waals surface area contributed by atoms with Gasteiger partial charge in [-0.25, -0.2) is 14.8 Å². The lowest BCUT2D eigenvalue weighted by molar-refractivity contribution is 0.0690. The number of hydrogen-bond donors (Lipinski definition) is 1. The monoisotopic (exact) mass is 272 g/mol. The van der Waals surface area contributed by atoms with Crippen molar-refractivity contribution in [1.82, 2.24) is 9.97 Å². The first-order valence-electron chi connectivity index (χ1n) is 5.44. The average molecular weight is 272 g/mol. The number of aromatic carboxylic acids is 1. The maximum atomic E-state index is 11.1. The van der Waals surface area contributed by atoms with E-state index in [1.54, 1.807) is 6.07 Å². The Bertz CT molecular complexity index is 741. The lowest BCUT2D eigenvalue weighted by atomic mass is 10.1. The normalized spacial score (nSPS) is 10.7. The summed E-state index contributed by atoms with van der Waals surface area (Å²) in [4.78, 5) is 19.2. The Morgan fingerprint density at radius 1 is 1.32 bits per heavy atom. The van der Waals surface area contributed by atoms with Crippen molar-refractivity contribution in [2.24, 2.45) is 0 Å². The van der Waals surface area contributed by atoms with Gasteiger partial charge in [-0.15, -0.1) is 0 Å². The standard InChI is InChI=1S/C13H8N2O3S/c16-12(17)10-7-8-3-1-2-4-9(8)11(15-10)19-13-14-5-6-18-13/h1-7H,(H,16,17). The molecule has 2 aromatic heterocycles. The second-order valence-corrected chi connectivity index (χ2v) is 4.68. The Morgan fingerprint density at radius 2 is 2.16 bits per heavy atom. The van der Waals surface area contributed by atoms with Crippen LogP contribution in [0.2, 0.25) is 0 Å². The Morgan fingerprint density at radius 3 is 2.89 bits per heavy atom. The molecule has 0 bridgehead atoms. The maximum absolute atomic E-state index is 11.1. The molecule has 0 unspecified atom stereocenters. The summed E-state index contributed by atoms with van der Waals surface area (Å²) in [6.07, 6.45) is 3.00. The van der Waals surface area contributed by atoms with Crippen molar-refractivity contribution in [3.63, 3.8) is 0 Å². The van der Waals surface area contributed by atoms with Gasteiger partial charge in [0, 0.05) is 5.39 Å². The lowest BCUT2D eigenvalue weighted by Crippen LogP contribution is -2.01. The van der Waals surface area contributed by atoms with Gasteiger partial charge in [0.05, 0.1) is 6.20 Å². The summed E-state index contributed by atoms with van der Waals surface area (Å²) in [7, 11) is 0. The van der Waals surface area contributed by atoms with Gasteiger partial charge in [-0.05, 0) is 23.2 Å². The van der Waals surface area contributed by atoms with E-state index in [9.17, 15) is 4.79 Å². The molecule has 19 heavy (non-hydrogen) atoms. The fraction of sp³-hybridized carbons (Fsp3) is 0. The van der Waals surface area contributed by atoms with E-state index < -0.39 is 5.97 Å². The first-order valence-corrected chi connectivity index (χ1v) is 6.26. The van der Waals surface area contributed by atoms with E-state index in [4.69, 9.17) is 9.52 Å². The number of carbonyl (C=O) groups is 1. The van der Waals surface area contributed by atoms with Crippen LogP contribution >= 0.6 is 11.8 Å². The molecule has 0 aliphatic carbocycles. The highest BCUT2D eigenvalue weighted by molar-refractivity contribution is 7.99. The molecule has 0 aliphatic rings. The van der Waals surface area contributed by atoms with Crippen molar-refractivity contribution in [2.75, 3.05) is 0 Å². The zero-order chi connectivity index (χ0) is 13.2. The van der Waals surface area contributed by atoms with E-state index in [2.05, 4.69) is 9.97 Å². The van der Waals surface area contributed by atoms with Gasteiger partial charge < -0.3 is 9.52 Å². The predicted molar refractivity (Wildman–Crippen MR) is 69.3 cm³/mol. The number of hydrogen-bond acceptors (Lipinski definition) is 5. The first kappa shape index (κ1) is 11.7. The molecule has 94 valence electrons. The van der Waals surface area contributed by atoms with E-state index in [0.717, 1.165) is 10.8 Å². The van der Waals surface area contributed by atoms with Crippen LogP contribution in [-0.2, 0) is 0 Å². The molecule has 3 aromatic rings. The summed E-state index contributed by atoms with van der Waals surface area (Å²) in [5.41, 5.74) is 0.00718. The number of carboxylic acids is 1. The van der Waals surface area contributed by atoms with Gasteiger partial charge in [0.2, 0.25) is 0 Å². The third-order valence-corrected chi connectivity index (χ3v) is 3.40. The second-order valence-electron chi connectivity index (χ2n) is 3.74. The predicted octanol–water partition coefficient (Wildman–Crippen LogP) is 3.07. The molecule has 1 N–H and O–H groups in total. The minimum absolute atomic E-state index is 0.00718. The van der Waals surface area contributed by atoms with Crippen molar-refractivity contribution < 1.29 is 14.3 Å². The number of fused-ring (bicyclic) bond motifs is 1. The fourth-order valence-electron chi connectivity index (χ4n) is 1.70. The number of nitrogens with zero attached hydrogens (tertiary/aromatic N) is 2. The van der Waals surface area contributed by atoms with E-state index in [1.807, 2.05) is 24.3 Å². The quantitative estimate of drug-likeness (QED) is 0.789. The molecule has 6 heteroatoms. The number of oxazole rings is 1. The van der Waals surface area contributed by atoms with Crippen molar-refractivity contribution in [2.45, 2.75) is 10.2 Å². The van der Waals surface area contributed by atoms with Crippen molar-refractivity contribution in [3.05, 3.63) is 48.5 Å². The van der Waals surface area contributed by atoms with Crippen molar-refractivity contribution in [1.29, 1.82) is 0 Å². The largest absolute Gasteiger partial charge is 0.477 e. The van der Waals surface area contributed by atoms with Gasteiger partial charge in [0.1, 0.15) is 17.0 Å². The molecule has 0 spiro atoms. The second kappa shape index (κ2) is 4.74. The molecule has 5 nitrogen and oxygen atoms in total. The molecular weight excluding hydrogens is 264 g/mol. The highest BCUT2D eigenvalue weighted by Gasteiger charge is 2.13. The molecular formula is C13H8N2O3S. The number of carboxylic acid groups (broad SMARTS) is 1. The lowest BCUT2D eigenvalue weighted by Gasteiger charge is -2.05. The third-order valence-electron chi connectivity index (χ3n) is 2.52. The molecule has 0 aliphatic heterocycles. The fourth-order valence-corrected chi connectivity index (χ4v) is 2.52. The number of benzene rings is 1. The SMILES string of the molecule is O=C(O)c1cc2ccccc2c(Sc2ncco2)n1. The highest BCUT2D eigenvalue weighted by atomic mass is 32.2. The Hall–Kier alpha value is -2.34. The van der Waals surface area contributed by atoms with Crippen LogP contribution < -0.4 is 0 Å². The molecule has 3 rings (SSSR count). The molecule has 0 saturated carbocycles. The van der Waals surface area contributed by atoms with Crippen LogP contribution in [0.1, 0.15) is 10.5 Å². The maximum Gasteiger partial charge on any atom is 0.354 e. The average Bonchev–Trinajstić information content (AvgIpc) is 2.91. The van der Waals surface area contributed by atoms with Gasteiger partial charge in [0.15, 0.2) is 0 Å². The number of aromatic nitrogens is 2. The molecule has 0 atom stereocenters. The Balaban J connectivity index is 2.17. The van der Waals surface area contributed by atoms with E-state index in [0.29, 0.717) is 10.2 Å². The Labute approximate surface area is 112 Å². The summed E-state index contributed by atoms with van der Waals surface area (Å²) in [5, 5.41) is 11.8. The summed E-state index contributed by atoms with van der Waals surface area (Å²) in [5.74, 6) is -1.06. The van der Waals surface area contributed by atoms with Gasteiger partial charge >= 0.3 is 5.97 Å². The van der Waals surface area contributed by atoms with Crippen LogP contribution in [0.25, 0.3) is 10.8 Å². The molecule has 2 heterocycles. The topological polar surface area (TPSA) is 76.2 Å². The highest BCUT2D eigenvalue weighted by Crippen LogP contribution is 2.31. The zero-order valence-electron chi connectivity index (χ0n) is 9.61. The van der Waals surface area contributed by atoms with Crippen LogP contribution in [0.4, 0.5) is 0 Å². The van der Waals surface area contributed by atoms with Gasteiger partial charge in [0.25, 0.3) is 5.22 Å². The molecule has 1 aromatic carbocycles. The van der Waals surface area contributed by atoms with Crippen LogP contribution in [0.3, 0.4) is 0 Å². The number of pyridine rings is 1. The van der Waals surface area contributed by atoms with E-state index >= 15 is 0 Å². The summed E-state index contributed by atoms with van der Waals surface area (Å²) in [6.45, 7) is 0. The Kier molecular flexibility index (Phi) is 2.92. The smallest absolute Gasteiger partial charge is 0.354 e. The summed E-state index contributed by atoms with van der Waals surface area (Å²) < 4.78 is 5.15. The van der Waals surface area contributed by atoms with E-state index in [-0.39, 0.29) is 5.69 Å². The summed E-state index contributed by atoms with van der Waals surface area (Å²) in [6, 6.07) is 9.03. The van der Waals surface area contributed by atoms with Crippen molar-refractivity contribution in [3.8, 4) is 0 Å². The molecule has 0 saturated heterocycles. The van der Waals surface area contributed by atoms with Crippen molar-refractivity contribution >= 4 is 28.5 Å². The third kappa shape index (κ3) is 2.30. The molecule has 0 radical (unpaired) electrons. The van der Waals surface area contributed by atoms with Crippen LogP contribution in [-0.4, -0.2) is 21.0 Å². The summed E-state index contributed by atoms with van der Waals surface area (Å²) >= 11 is 1.20. The zero-order valence-corrected chi connectivity index (χ0v) is 10.4. The van der Waals surface area contributed by atoms with Crippen LogP contribution in [0.15, 0.2) is 57.5 Å². The molecule has 0 fully saturated rings. The van der Waals surface area contributed by atoms with Gasteiger partial charge in [-0.1, -0.05) is 24.3 Å². The van der Waals surface area contributed by atoms with Gasteiger partial charge in [-0.3, -0.25) is 0 Å².